The Balaban J connectivity index is 1.52. The summed E-state index contributed by atoms with van der Waals surface area (Å²) in [7, 11) is 6.04. The summed E-state index contributed by atoms with van der Waals surface area (Å²) in [5.41, 5.74) is 3.44. The molecule has 1 saturated heterocycles. The molecule has 0 aromatic carbocycles. The van der Waals surface area contributed by atoms with Gasteiger partial charge in [0.25, 0.3) is 0 Å². The van der Waals surface area contributed by atoms with Crippen LogP contribution in [0.15, 0.2) is 12.3 Å². The first-order valence-electron chi connectivity index (χ1n) is 9.18. The molecule has 140 valence electrons. The van der Waals surface area contributed by atoms with Crippen LogP contribution in [0.25, 0.3) is 0 Å². The number of rotatable bonds is 4. The monoisotopic (exact) mass is 357 g/mol. The summed E-state index contributed by atoms with van der Waals surface area (Å²) >= 11 is 0. The quantitative estimate of drug-likeness (QED) is 0.802. The van der Waals surface area contributed by atoms with Crippen LogP contribution in [0.5, 0.6) is 0 Å². The molecule has 0 N–H and O–H groups in total. The zero-order valence-corrected chi connectivity index (χ0v) is 16.0. The maximum absolute atomic E-state index is 13.1. The molecule has 4 heterocycles. The second-order valence-corrected chi connectivity index (χ2v) is 7.61. The Hall–Kier alpha value is -2.19. The lowest BCUT2D eigenvalue weighted by Crippen LogP contribution is -2.46. The Labute approximate surface area is 154 Å². The maximum Gasteiger partial charge on any atom is 0.245 e. The SMILES string of the molecule is Cc1cc(N2CCC(N3CCn4ncc(CN(C)C)c4C3)C2=O)n(C)n1. The van der Waals surface area contributed by atoms with Gasteiger partial charge in [0.15, 0.2) is 0 Å². The Bertz CT molecular complexity index is 822. The number of fused-ring (bicyclic) bond motifs is 1. The minimum atomic E-state index is -0.0546. The van der Waals surface area contributed by atoms with Crippen LogP contribution in [-0.2, 0) is 31.5 Å². The van der Waals surface area contributed by atoms with E-state index in [1.54, 1.807) is 4.68 Å². The molecule has 1 fully saturated rings. The van der Waals surface area contributed by atoms with E-state index in [1.165, 1.54) is 11.3 Å². The predicted molar refractivity (Wildman–Crippen MR) is 98.7 cm³/mol. The molecule has 2 aromatic rings. The highest BCUT2D eigenvalue weighted by Gasteiger charge is 2.39. The van der Waals surface area contributed by atoms with Crippen LogP contribution in [0.3, 0.4) is 0 Å². The Morgan fingerprint density at radius 3 is 2.77 bits per heavy atom. The average molecular weight is 357 g/mol. The van der Waals surface area contributed by atoms with Gasteiger partial charge in [-0.15, -0.1) is 0 Å². The van der Waals surface area contributed by atoms with E-state index in [0.29, 0.717) is 0 Å². The van der Waals surface area contributed by atoms with Gasteiger partial charge in [-0.2, -0.15) is 10.2 Å². The summed E-state index contributed by atoms with van der Waals surface area (Å²) in [5, 5.41) is 8.91. The van der Waals surface area contributed by atoms with Gasteiger partial charge in [0.1, 0.15) is 5.82 Å². The molecule has 2 aromatic heterocycles. The van der Waals surface area contributed by atoms with Crippen molar-refractivity contribution in [2.75, 3.05) is 32.1 Å². The van der Waals surface area contributed by atoms with Crippen molar-refractivity contribution in [3.63, 3.8) is 0 Å². The molecule has 4 rings (SSSR count). The Kier molecular flexibility index (Phi) is 4.32. The van der Waals surface area contributed by atoms with Crippen LogP contribution in [0.4, 0.5) is 5.82 Å². The second-order valence-electron chi connectivity index (χ2n) is 7.61. The highest BCUT2D eigenvalue weighted by molar-refractivity contribution is 5.98. The lowest BCUT2D eigenvalue weighted by molar-refractivity contribution is -0.122. The normalized spacial score (nSPS) is 21.0. The fraction of sp³-hybridized carbons (Fsp3) is 0.611. The van der Waals surface area contributed by atoms with Crippen molar-refractivity contribution in [3.8, 4) is 0 Å². The van der Waals surface area contributed by atoms with Crippen molar-refractivity contribution in [1.29, 1.82) is 0 Å². The van der Waals surface area contributed by atoms with Gasteiger partial charge in [-0.05, 0) is 27.4 Å². The van der Waals surface area contributed by atoms with Gasteiger partial charge in [-0.3, -0.25) is 24.0 Å². The number of aromatic nitrogens is 4. The first kappa shape index (κ1) is 17.2. The second kappa shape index (κ2) is 6.51. The van der Waals surface area contributed by atoms with E-state index in [-0.39, 0.29) is 11.9 Å². The molecule has 1 amide bonds. The summed E-state index contributed by atoms with van der Waals surface area (Å²) in [6.07, 6.45) is 2.83. The number of carbonyl (C=O) groups is 1. The molecule has 2 aliphatic rings. The van der Waals surface area contributed by atoms with Crippen molar-refractivity contribution in [3.05, 3.63) is 29.2 Å². The molecule has 8 nitrogen and oxygen atoms in total. The fourth-order valence-corrected chi connectivity index (χ4v) is 4.14. The summed E-state index contributed by atoms with van der Waals surface area (Å²) in [6.45, 7) is 6.09. The number of carbonyl (C=O) groups excluding carboxylic acids is 1. The summed E-state index contributed by atoms with van der Waals surface area (Å²) in [5.74, 6) is 1.08. The van der Waals surface area contributed by atoms with Crippen LogP contribution in [0.1, 0.15) is 23.4 Å². The van der Waals surface area contributed by atoms with Gasteiger partial charge < -0.3 is 4.90 Å². The van der Waals surface area contributed by atoms with Crippen LogP contribution >= 0.6 is 0 Å². The van der Waals surface area contributed by atoms with E-state index in [0.717, 1.165) is 50.7 Å². The van der Waals surface area contributed by atoms with Crippen molar-refractivity contribution in [2.45, 2.75) is 39.0 Å². The first-order valence-corrected chi connectivity index (χ1v) is 9.18. The van der Waals surface area contributed by atoms with Gasteiger partial charge in [0, 0.05) is 44.9 Å². The van der Waals surface area contributed by atoms with E-state index >= 15 is 0 Å². The largest absolute Gasteiger partial charge is 0.305 e. The average Bonchev–Trinajstić information content (AvgIpc) is 3.24. The molecule has 0 bridgehead atoms. The third kappa shape index (κ3) is 2.93. The highest BCUT2D eigenvalue weighted by Crippen LogP contribution is 2.28. The van der Waals surface area contributed by atoms with Gasteiger partial charge in [-0.1, -0.05) is 0 Å². The van der Waals surface area contributed by atoms with Gasteiger partial charge >= 0.3 is 0 Å². The standard InChI is InChI=1S/C18H27N7O/c1-13-9-17(22(4)20-13)24-6-5-15(18(24)26)23-7-8-25-16(12-23)14(10-19-25)11-21(2)3/h9-10,15H,5-8,11-12H2,1-4H3. The molecular formula is C18H27N7O. The minimum Gasteiger partial charge on any atom is -0.305 e. The molecule has 26 heavy (non-hydrogen) atoms. The Morgan fingerprint density at radius 1 is 1.27 bits per heavy atom. The molecular weight excluding hydrogens is 330 g/mol. The molecule has 0 aliphatic carbocycles. The van der Waals surface area contributed by atoms with E-state index in [4.69, 9.17) is 0 Å². The number of amides is 1. The van der Waals surface area contributed by atoms with Crippen molar-refractivity contribution in [1.82, 2.24) is 29.4 Å². The van der Waals surface area contributed by atoms with E-state index in [1.807, 2.05) is 31.1 Å². The number of hydrogen-bond donors (Lipinski definition) is 0. The van der Waals surface area contributed by atoms with Crippen LogP contribution < -0.4 is 4.90 Å². The smallest absolute Gasteiger partial charge is 0.245 e. The summed E-state index contributed by atoms with van der Waals surface area (Å²) < 4.78 is 3.90. The zero-order valence-electron chi connectivity index (χ0n) is 16.0. The Morgan fingerprint density at radius 2 is 2.08 bits per heavy atom. The van der Waals surface area contributed by atoms with Crippen LogP contribution in [0, 0.1) is 6.92 Å². The van der Waals surface area contributed by atoms with Crippen molar-refractivity contribution < 1.29 is 4.79 Å². The van der Waals surface area contributed by atoms with Gasteiger partial charge in [-0.25, -0.2) is 0 Å². The zero-order chi connectivity index (χ0) is 18.4. The maximum atomic E-state index is 13.1. The van der Waals surface area contributed by atoms with E-state index in [2.05, 4.69) is 38.8 Å². The van der Waals surface area contributed by atoms with E-state index in [9.17, 15) is 4.79 Å². The first-order chi connectivity index (χ1) is 12.4. The molecule has 0 spiro atoms. The third-order valence-corrected chi connectivity index (χ3v) is 5.35. The summed E-state index contributed by atoms with van der Waals surface area (Å²) in [6, 6.07) is 1.93. The van der Waals surface area contributed by atoms with Crippen molar-refractivity contribution in [2.24, 2.45) is 7.05 Å². The van der Waals surface area contributed by atoms with Gasteiger partial charge in [0.05, 0.1) is 30.2 Å². The minimum absolute atomic E-state index is 0.0546. The fourth-order valence-electron chi connectivity index (χ4n) is 4.14. The molecule has 1 atom stereocenters. The number of hydrogen-bond acceptors (Lipinski definition) is 5. The lowest BCUT2D eigenvalue weighted by atomic mass is 10.1. The number of nitrogens with zero attached hydrogens (tertiary/aromatic N) is 7. The lowest BCUT2D eigenvalue weighted by Gasteiger charge is -2.32. The number of aryl methyl sites for hydroxylation is 2. The molecule has 2 aliphatic heterocycles. The predicted octanol–water partition coefficient (Wildman–Crippen LogP) is 0.608. The topological polar surface area (TPSA) is 62.4 Å². The van der Waals surface area contributed by atoms with E-state index < -0.39 is 0 Å². The molecule has 0 radical (unpaired) electrons. The van der Waals surface area contributed by atoms with Crippen LogP contribution in [-0.4, -0.2) is 68.5 Å². The number of anilines is 1. The third-order valence-electron chi connectivity index (χ3n) is 5.35. The molecule has 8 heteroatoms. The van der Waals surface area contributed by atoms with Crippen molar-refractivity contribution >= 4 is 11.7 Å². The summed E-state index contributed by atoms with van der Waals surface area (Å²) in [4.78, 5) is 19.5. The van der Waals surface area contributed by atoms with Crippen LogP contribution in [0.2, 0.25) is 0 Å². The van der Waals surface area contributed by atoms with Gasteiger partial charge in [0.2, 0.25) is 5.91 Å². The highest BCUT2D eigenvalue weighted by atomic mass is 16.2. The molecule has 0 saturated carbocycles. The molecule has 1 unspecified atom stereocenters.